The lowest BCUT2D eigenvalue weighted by Crippen LogP contribution is -2.24. The van der Waals surface area contributed by atoms with E-state index in [9.17, 15) is 4.79 Å². The minimum atomic E-state index is -0.678. The molecule has 2 rings (SSSR count). The Morgan fingerprint density at radius 2 is 2.28 bits per heavy atom. The molecule has 18 heavy (non-hydrogen) atoms. The molecular formula is C13H21N3O2. The van der Waals surface area contributed by atoms with Gasteiger partial charge >= 0.3 is 5.97 Å². The third-order valence-corrected chi connectivity index (χ3v) is 3.69. The minimum absolute atomic E-state index is 0.220. The highest BCUT2D eigenvalue weighted by Gasteiger charge is 2.34. The number of aromatic nitrogens is 2. The lowest BCUT2D eigenvalue weighted by molar-refractivity contribution is -0.142. The maximum atomic E-state index is 11.1. The molecule has 1 fully saturated rings. The Bertz CT molecular complexity index is 428. The van der Waals surface area contributed by atoms with Crippen molar-refractivity contribution in [2.24, 2.45) is 11.8 Å². The lowest BCUT2D eigenvalue weighted by atomic mass is 9.99. The van der Waals surface area contributed by atoms with Crippen LogP contribution < -0.4 is 0 Å². The summed E-state index contributed by atoms with van der Waals surface area (Å²) < 4.78 is 2.14. The third-order valence-electron chi connectivity index (χ3n) is 3.69. The largest absolute Gasteiger partial charge is 0.481 e. The van der Waals surface area contributed by atoms with E-state index in [4.69, 9.17) is 5.11 Å². The summed E-state index contributed by atoms with van der Waals surface area (Å²) in [6.07, 6.45) is 3.72. The van der Waals surface area contributed by atoms with Crippen LogP contribution in [0.15, 0.2) is 12.5 Å². The normalized spacial score (nSPS) is 24.9. The highest BCUT2D eigenvalue weighted by atomic mass is 16.4. The maximum absolute atomic E-state index is 11.1. The molecule has 100 valence electrons. The predicted molar refractivity (Wildman–Crippen MR) is 68.2 cm³/mol. The van der Waals surface area contributed by atoms with E-state index in [1.165, 1.54) is 0 Å². The van der Waals surface area contributed by atoms with Gasteiger partial charge in [0.05, 0.1) is 17.9 Å². The molecule has 0 saturated carbocycles. The first-order valence-electron chi connectivity index (χ1n) is 6.45. The molecule has 0 amide bonds. The fraction of sp³-hybridized carbons (Fsp3) is 0.692. The Labute approximate surface area is 107 Å². The predicted octanol–water partition coefficient (Wildman–Crippen LogP) is 1.62. The molecule has 2 atom stereocenters. The summed E-state index contributed by atoms with van der Waals surface area (Å²) >= 11 is 0. The standard InChI is InChI=1S/C13H21N3O2/c1-9(2)16-8-14-4-11(16)6-15-5-10(3)12(7-15)13(17)18/h4,8-10,12H,5-7H2,1-3H3,(H,17,18). The fourth-order valence-electron chi connectivity index (χ4n) is 2.67. The second-order valence-corrected chi connectivity index (χ2v) is 5.50. The monoisotopic (exact) mass is 251 g/mol. The molecule has 2 unspecified atom stereocenters. The summed E-state index contributed by atoms with van der Waals surface area (Å²) in [4.78, 5) is 17.5. The van der Waals surface area contributed by atoms with E-state index in [2.05, 4.69) is 28.3 Å². The van der Waals surface area contributed by atoms with Crippen LogP contribution in [0.1, 0.15) is 32.5 Å². The zero-order valence-electron chi connectivity index (χ0n) is 11.2. The van der Waals surface area contributed by atoms with Gasteiger partial charge in [0.25, 0.3) is 0 Å². The number of imidazole rings is 1. The van der Waals surface area contributed by atoms with Gasteiger partial charge in [-0.05, 0) is 19.8 Å². The number of carboxylic acids is 1. The number of rotatable bonds is 4. The molecule has 0 spiro atoms. The van der Waals surface area contributed by atoms with Gasteiger partial charge in [0, 0.05) is 31.9 Å². The lowest BCUT2D eigenvalue weighted by Gasteiger charge is -2.18. The van der Waals surface area contributed by atoms with Crippen LogP contribution >= 0.6 is 0 Å². The van der Waals surface area contributed by atoms with Crippen molar-refractivity contribution < 1.29 is 9.90 Å². The van der Waals surface area contributed by atoms with Gasteiger partial charge in [-0.25, -0.2) is 4.98 Å². The number of nitrogens with zero attached hydrogens (tertiary/aromatic N) is 3. The summed E-state index contributed by atoms with van der Waals surface area (Å²) in [5.41, 5.74) is 1.16. The summed E-state index contributed by atoms with van der Waals surface area (Å²) in [5, 5.41) is 9.13. The molecule has 0 bridgehead atoms. The van der Waals surface area contributed by atoms with Gasteiger partial charge in [0.1, 0.15) is 0 Å². The number of hydrogen-bond donors (Lipinski definition) is 1. The number of likely N-dealkylation sites (tertiary alicyclic amines) is 1. The molecule has 1 saturated heterocycles. The average molecular weight is 251 g/mol. The van der Waals surface area contributed by atoms with Crippen LogP contribution in [0.5, 0.6) is 0 Å². The molecule has 5 heteroatoms. The Kier molecular flexibility index (Phi) is 3.71. The zero-order valence-corrected chi connectivity index (χ0v) is 11.2. The Morgan fingerprint density at radius 3 is 2.83 bits per heavy atom. The second-order valence-electron chi connectivity index (χ2n) is 5.50. The van der Waals surface area contributed by atoms with Crippen LogP contribution in [0.2, 0.25) is 0 Å². The number of aliphatic carboxylic acids is 1. The van der Waals surface area contributed by atoms with Crippen molar-refractivity contribution in [1.82, 2.24) is 14.5 Å². The van der Waals surface area contributed by atoms with Crippen molar-refractivity contribution in [2.75, 3.05) is 13.1 Å². The first-order valence-corrected chi connectivity index (χ1v) is 6.45. The molecule has 1 N–H and O–H groups in total. The topological polar surface area (TPSA) is 58.4 Å². The van der Waals surface area contributed by atoms with Crippen molar-refractivity contribution in [3.63, 3.8) is 0 Å². The molecule has 1 aromatic rings. The van der Waals surface area contributed by atoms with Crippen LogP contribution in [-0.2, 0) is 11.3 Å². The van der Waals surface area contributed by atoms with Gasteiger partial charge in [-0.3, -0.25) is 9.69 Å². The van der Waals surface area contributed by atoms with Crippen LogP contribution in [0, 0.1) is 11.8 Å². The van der Waals surface area contributed by atoms with Crippen LogP contribution in [0.3, 0.4) is 0 Å². The van der Waals surface area contributed by atoms with Crippen LogP contribution in [0.25, 0.3) is 0 Å². The number of carboxylic acid groups (broad SMARTS) is 1. The van der Waals surface area contributed by atoms with E-state index < -0.39 is 5.97 Å². The summed E-state index contributed by atoms with van der Waals surface area (Å²) in [7, 11) is 0. The fourth-order valence-corrected chi connectivity index (χ4v) is 2.67. The van der Waals surface area contributed by atoms with Gasteiger partial charge in [-0.15, -0.1) is 0 Å². The van der Waals surface area contributed by atoms with Crippen molar-refractivity contribution in [1.29, 1.82) is 0 Å². The Hall–Kier alpha value is -1.36. The Balaban J connectivity index is 2.03. The molecule has 1 aliphatic rings. The Morgan fingerprint density at radius 1 is 1.56 bits per heavy atom. The van der Waals surface area contributed by atoms with Crippen molar-refractivity contribution in [2.45, 2.75) is 33.4 Å². The molecule has 1 aliphatic heterocycles. The quantitative estimate of drug-likeness (QED) is 0.883. The first-order chi connectivity index (χ1) is 8.49. The van der Waals surface area contributed by atoms with Gasteiger partial charge < -0.3 is 9.67 Å². The highest BCUT2D eigenvalue weighted by molar-refractivity contribution is 5.71. The van der Waals surface area contributed by atoms with Crippen molar-refractivity contribution in [3.8, 4) is 0 Å². The van der Waals surface area contributed by atoms with Gasteiger partial charge in [-0.1, -0.05) is 6.92 Å². The van der Waals surface area contributed by atoms with Gasteiger partial charge in [0.2, 0.25) is 0 Å². The third kappa shape index (κ3) is 2.56. The van der Waals surface area contributed by atoms with Crippen LogP contribution in [-0.4, -0.2) is 38.6 Å². The minimum Gasteiger partial charge on any atom is -0.481 e. The molecule has 1 aromatic heterocycles. The molecule has 0 aromatic carbocycles. The maximum Gasteiger partial charge on any atom is 0.308 e. The van der Waals surface area contributed by atoms with Gasteiger partial charge in [0.15, 0.2) is 0 Å². The van der Waals surface area contributed by atoms with Crippen molar-refractivity contribution >= 4 is 5.97 Å². The summed E-state index contributed by atoms with van der Waals surface area (Å²) in [6, 6.07) is 0.387. The zero-order chi connectivity index (χ0) is 13.3. The molecule has 5 nitrogen and oxygen atoms in total. The van der Waals surface area contributed by atoms with E-state index in [0.29, 0.717) is 12.6 Å². The number of hydrogen-bond acceptors (Lipinski definition) is 3. The van der Waals surface area contributed by atoms with E-state index in [1.54, 1.807) is 0 Å². The first kappa shape index (κ1) is 13.1. The van der Waals surface area contributed by atoms with E-state index in [-0.39, 0.29) is 11.8 Å². The van der Waals surface area contributed by atoms with E-state index in [1.807, 2.05) is 19.4 Å². The van der Waals surface area contributed by atoms with Gasteiger partial charge in [-0.2, -0.15) is 0 Å². The van der Waals surface area contributed by atoms with E-state index in [0.717, 1.165) is 18.8 Å². The summed E-state index contributed by atoms with van der Waals surface area (Å²) in [5.74, 6) is -0.694. The van der Waals surface area contributed by atoms with Crippen LogP contribution in [0.4, 0.5) is 0 Å². The summed E-state index contributed by atoms with van der Waals surface area (Å²) in [6.45, 7) is 8.53. The van der Waals surface area contributed by atoms with Crippen molar-refractivity contribution in [3.05, 3.63) is 18.2 Å². The molecule has 0 radical (unpaired) electrons. The molecular weight excluding hydrogens is 230 g/mol. The van der Waals surface area contributed by atoms with E-state index >= 15 is 0 Å². The number of carbonyl (C=O) groups is 1. The smallest absolute Gasteiger partial charge is 0.308 e. The molecule has 2 heterocycles. The second kappa shape index (κ2) is 5.10. The molecule has 0 aliphatic carbocycles. The highest BCUT2D eigenvalue weighted by Crippen LogP contribution is 2.25. The SMILES string of the molecule is CC1CN(Cc2cncn2C(C)C)CC1C(=O)O. The average Bonchev–Trinajstić information content (AvgIpc) is 2.85.